The molecule has 0 unspecified atom stereocenters. The van der Waals surface area contributed by atoms with E-state index in [4.69, 9.17) is 15.2 Å². The Morgan fingerprint density at radius 1 is 1.31 bits per heavy atom. The van der Waals surface area contributed by atoms with Gasteiger partial charge < -0.3 is 15.2 Å². The zero-order valence-corrected chi connectivity index (χ0v) is 9.90. The highest BCUT2D eigenvalue weighted by Crippen LogP contribution is 2.36. The van der Waals surface area contributed by atoms with Crippen molar-refractivity contribution in [1.29, 1.82) is 0 Å². The summed E-state index contributed by atoms with van der Waals surface area (Å²) < 4.78 is 11.1. The number of benzene rings is 1. The molecule has 0 bridgehead atoms. The standard InChI is InChI=1S/C13H19NO2/c1-10(2)13(7-15-8-13)9-16-12-5-3-11(14)4-6-12/h3-6,10H,7-9,14H2,1-2H3. The molecule has 0 saturated carbocycles. The van der Waals surface area contributed by atoms with Gasteiger partial charge in [0.1, 0.15) is 5.75 Å². The SMILES string of the molecule is CC(C)C1(COc2ccc(N)cc2)COC1. The van der Waals surface area contributed by atoms with Crippen LogP contribution in [0.3, 0.4) is 0 Å². The van der Waals surface area contributed by atoms with E-state index >= 15 is 0 Å². The van der Waals surface area contributed by atoms with Crippen LogP contribution in [-0.4, -0.2) is 19.8 Å². The zero-order valence-electron chi connectivity index (χ0n) is 9.90. The van der Waals surface area contributed by atoms with E-state index in [2.05, 4.69) is 13.8 Å². The molecule has 3 heteroatoms. The lowest BCUT2D eigenvalue weighted by Crippen LogP contribution is -2.50. The quantitative estimate of drug-likeness (QED) is 0.793. The fourth-order valence-electron chi connectivity index (χ4n) is 1.74. The van der Waals surface area contributed by atoms with Gasteiger partial charge in [0, 0.05) is 5.69 Å². The van der Waals surface area contributed by atoms with Crippen LogP contribution in [0.5, 0.6) is 5.75 Å². The van der Waals surface area contributed by atoms with Gasteiger partial charge in [0.25, 0.3) is 0 Å². The van der Waals surface area contributed by atoms with Crippen molar-refractivity contribution in [3.05, 3.63) is 24.3 Å². The van der Waals surface area contributed by atoms with Gasteiger partial charge in [0.2, 0.25) is 0 Å². The molecule has 2 N–H and O–H groups in total. The lowest BCUT2D eigenvalue weighted by Gasteiger charge is -2.44. The molecular weight excluding hydrogens is 202 g/mol. The molecular formula is C13H19NO2. The number of ether oxygens (including phenoxy) is 2. The number of anilines is 1. The van der Waals surface area contributed by atoms with E-state index in [0.29, 0.717) is 12.5 Å². The van der Waals surface area contributed by atoms with Crippen molar-refractivity contribution in [2.45, 2.75) is 13.8 Å². The summed E-state index contributed by atoms with van der Waals surface area (Å²) in [7, 11) is 0. The van der Waals surface area contributed by atoms with Crippen molar-refractivity contribution >= 4 is 5.69 Å². The van der Waals surface area contributed by atoms with Crippen molar-refractivity contribution in [3.8, 4) is 5.75 Å². The molecule has 0 aromatic heterocycles. The van der Waals surface area contributed by atoms with E-state index in [1.54, 1.807) is 0 Å². The number of nitrogens with two attached hydrogens (primary N) is 1. The Labute approximate surface area is 96.5 Å². The minimum atomic E-state index is 0.196. The van der Waals surface area contributed by atoms with Crippen LogP contribution in [-0.2, 0) is 4.74 Å². The molecule has 0 atom stereocenters. The summed E-state index contributed by atoms with van der Waals surface area (Å²) in [6.07, 6.45) is 0. The summed E-state index contributed by atoms with van der Waals surface area (Å²) >= 11 is 0. The third kappa shape index (κ3) is 2.14. The molecule has 0 amide bonds. The van der Waals surface area contributed by atoms with Gasteiger partial charge in [0.05, 0.1) is 25.2 Å². The Balaban J connectivity index is 1.93. The minimum Gasteiger partial charge on any atom is -0.493 e. The summed E-state index contributed by atoms with van der Waals surface area (Å²) in [5, 5.41) is 0. The van der Waals surface area contributed by atoms with E-state index in [0.717, 1.165) is 24.7 Å². The van der Waals surface area contributed by atoms with Crippen LogP contribution >= 0.6 is 0 Å². The molecule has 88 valence electrons. The van der Waals surface area contributed by atoms with Crippen LogP contribution in [0, 0.1) is 11.3 Å². The summed E-state index contributed by atoms with van der Waals surface area (Å²) in [5.74, 6) is 1.45. The number of nitrogen functional groups attached to an aromatic ring is 1. The summed E-state index contributed by atoms with van der Waals surface area (Å²) in [6, 6.07) is 7.52. The van der Waals surface area contributed by atoms with Crippen LogP contribution in [0.25, 0.3) is 0 Å². The van der Waals surface area contributed by atoms with Gasteiger partial charge in [-0.25, -0.2) is 0 Å². The first-order chi connectivity index (χ1) is 7.62. The molecule has 1 fully saturated rings. The Morgan fingerprint density at radius 3 is 2.38 bits per heavy atom. The van der Waals surface area contributed by atoms with Crippen molar-refractivity contribution in [3.63, 3.8) is 0 Å². The van der Waals surface area contributed by atoms with Gasteiger partial charge in [-0.1, -0.05) is 13.8 Å². The van der Waals surface area contributed by atoms with Crippen LogP contribution in [0.2, 0.25) is 0 Å². The maximum atomic E-state index is 5.79. The number of hydrogen-bond acceptors (Lipinski definition) is 3. The predicted molar refractivity (Wildman–Crippen MR) is 64.4 cm³/mol. The fourth-order valence-corrected chi connectivity index (χ4v) is 1.74. The Hall–Kier alpha value is -1.22. The monoisotopic (exact) mass is 221 g/mol. The molecule has 1 saturated heterocycles. The van der Waals surface area contributed by atoms with Crippen molar-refractivity contribution in [2.75, 3.05) is 25.6 Å². The molecule has 3 nitrogen and oxygen atoms in total. The lowest BCUT2D eigenvalue weighted by atomic mass is 9.76. The molecule has 0 aliphatic carbocycles. The van der Waals surface area contributed by atoms with E-state index in [9.17, 15) is 0 Å². The highest BCUT2D eigenvalue weighted by molar-refractivity contribution is 5.41. The second kappa shape index (κ2) is 4.34. The van der Waals surface area contributed by atoms with E-state index in [1.165, 1.54) is 0 Å². The first-order valence-corrected chi connectivity index (χ1v) is 5.68. The molecule has 1 aliphatic heterocycles. The summed E-state index contributed by atoms with van der Waals surface area (Å²) in [4.78, 5) is 0. The highest BCUT2D eigenvalue weighted by atomic mass is 16.5. The van der Waals surface area contributed by atoms with E-state index in [-0.39, 0.29) is 5.41 Å². The average molecular weight is 221 g/mol. The average Bonchev–Trinajstić information content (AvgIpc) is 2.18. The second-order valence-corrected chi connectivity index (χ2v) is 4.87. The third-order valence-electron chi connectivity index (χ3n) is 3.41. The number of rotatable bonds is 4. The zero-order chi connectivity index (χ0) is 11.6. The van der Waals surface area contributed by atoms with Crippen LogP contribution in [0.4, 0.5) is 5.69 Å². The minimum absolute atomic E-state index is 0.196. The first-order valence-electron chi connectivity index (χ1n) is 5.68. The van der Waals surface area contributed by atoms with Gasteiger partial charge in [-0.2, -0.15) is 0 Å². The lowest BCUT2D eigenvalue weighted by molar-refractivity contribution is -0.156. The molecule has 1 aromatic rings. The Bertz CT molecular complexity index is 341. The highest BCUT2D eigenvalue weighted by Gasteiger charge is 2.42. The maximum Gasteiger partial charge on any atom is 0.119 e. The fraction of sp³-hybridized carbons (Fsp3) is 0.538. The Morgan fingerprint density at radius 2 is 1.94 bits per heavy atom. The maximum absolute atomic E-state index is 5.79. The van der Waals surface area contributed by atoms with Gasteiger partial charge in [-0.05, 0) is 30.2 Å². The first kappa shape index (κ1) is 11.3. The van der Waals surface area contributed by atoms with Crippen molar-refractivity contribution in [1.82, 2.24) is 0 Å². The third-order valence-corrected chi connectivity index (χ3v) is 3.41. The van der Waals surface area contributed by atoms with E-state index < -0.39 is 0 Å². The van der Waals surface area contributed by atoms with Crippen molar-refractivity contribution < 1.29 is 9.47 Å². The summed E-state index contributed by atoms with van der Waals surface area (Å²) in [5.41, 5.74) is 6.58. The molecule has 0 spiro atoms. The molecule has 1 heterocycles. The van der Waals surface area contributed by atoms with Crippen LogP contribution < -0.4 is 10.5 Å². The van der Waals surface area contributed by atoms with E-state index in [1.807, 2.05) is 24.3 Å². The predicted octanol–water partition coefficient (Wildman–Crippen LogP) is 2.32. The molecule has 16 heavy (non-hydrogen) atoms. The van der Waals surface area contributed by atoms with Crippen LogP contribution in [0.15, 0.2) is 24.3 Å². The normalized spacial score (nSPS) is 18.2. The van der Waals surface area contributed by atoms with Gasteiger partial charge in [-0.3, -0.25) is 0 Å². The smallest absolute Gasteiger partial charge is 0.119 e. The molecule has 2 rings (SSSR count). The van der Waals surface area contributed by atoms with Gasteiger partial charge in [-0.15, -0.1) is 0 Å². The second-order valence-electron chi connectivity index (χ2n) is 4.87. The van der Waals surface area contributed by atoms with Crippen LogP contribution in [0.1, 0.15) is 13.8 Å². The topological polar surface area (TPSA) is 44.5 Å². The molecule has 0 radical (unpaired) electrons. The molecule has 1 aliphatic rings. The largest absolute Gasteiger partial charge is 0.493 e. The Kier molecular flexibility index (Phi) is 3.06. The van der Waals surface area contributed by atoms with Crippen molar-refractivity contribution in [2.24, 2.45) is 11.3 Å². The van der Waals surface area contributed by atoms with Gasteiger partial charge in [0.15, 0.2) is 0 Å². The molecule has 1 aromatic carbocycles. The summed E-state index contributed by atoms with van der Waals surface area (Å²) in [6.45, 7) is 6.76. The number of hydrogen-bond donors (Lipinski definition) is 1. The van der Waals surface area contributed by atoms with Gasteiger partial charge >= 0.3 is 0 Å².